The molecule has 0 aliphatic heterocycles. The van der Waals surface area contributed by atoms with Crippen LogP contribution in [-0.4, -0.2) is 29.8 Å². The molecular formula is C15H18ClFN2O2. The lowest BCUT2D eigenvalue weighted by molar-refractivity contribution is -0.133. The van der Waals surface area contributed by atoms with Gasteiger partial charge in [0.2, 0.25) is 11.8 Å². The molecule has 6 heteroatoms. The number of rotatable bonds is 5. The molecule has 1 saturated carbocycles. The average molecular weight is 313 g/mol. The van der Waals surface area contributed by atoms with E-state index in [1.807, 2.05) is 13.8 Å². The van der Waals surface area contributed by atoms with E-state index in [1.165, 1.54) is 18.2 Å². The second kappa shape index (κ2) is 6.43. The summed E-state index contributed by atoms with van der Waals surface area (Å²) in [5.74, 6) is -1.26. The summed E-state index contributed by atoms with van der Waals surface area (Å²) in [5, 5.41) is 2.63. The summed E-state index contributed by atoms with van der Waals surface area (Å²) < 4.78 is 13.0. The molecule has 0 saturated heterocycles. The van der Waals surface area contributed by atoms with E-state index in [0.29, 0.717) is 25.2 Å². The van der Waals surface area contributed by atoms with Crippen molar-refractivity contribution in [1.29, 1.82) is 0 Å². The summed E-state index contributed by atoms with van der Waals surface area (Å²) in [6, 6.07) is 4.00. The maximum Gasteiger partial charge on any atom is 0.228 e. The fourth-order valence-electron chi connectivity index (χ4n) is 2.34. The highest BCUT2D eigenvalue weighted by molar-refractivity contribution is 6.31. The molecule has 0 aromatic heterocycles. The Bertz CT molecular complexity index is 561. The van der Waals surface area contributed by atoms with E-state index >= 15 is 0 Å². The molecule has 2 amide bonds. The van der Waals surface area contributed by atoms with Crippen molar-refractivity contribution in [2.75, 3.05) is 18.4 Å². The largest absolute Gasteiger partial charge is 0.343 e. The zero-order chi connectivity index (χ0) is 15.6. The third-order valence-electron chi connectivity index (χ3n) is 3.71. The maximum absolute atomic E-state index is 13.0. The zero-order valence-electron chi connectivity index (χ0n) is 12.0. The number of halogens is 2. The molecule has 2 atom stereocenters. The Labute approximate surface area is 128 Å². The first-order chi connectivity index (χ1) is 9.97. The van der Waals surface area contributed by atoms with Crippen LogP contribution in [0.5, 0.6) is 0 Å². The normalized spacial score (nSPS) is 20.0. The summed E-state index contributed by atoms with van der Waals surface area (Å²) in [6.07, 6.45) is 0.566. The van der Waals surface area contributed by atoms with Crippen molar-refractivity contribution in [3.63, 3.8) is 0 Å². The minimum absolute atomic E-state index is 0.0253. The lowest BCUT2D eigenvalue weighted by Crippen LogP contribution is -2.33. The fourth-order valence-corrected chi connectivity index (χ4v) is 2.52. The molecule has 1 aromatic rings. The van der Waals surface area contributed by atoms with Gasteiger partial charge in [-0.05, 0) is 38.5 Å². The molecule has 1 aliphatic carbocycles. The molecule has 0 radical (unpaired) electrons. The number of amides is 2. The topological polar surface area (TPSA) is 49.4 Å². The fraction of sp³-hybridized carbons (Fsp3) is 0.467. The molecule has 1 fully saturated rings. The smallest absolute Gasteiger partial charge is 0.228 e. The first kappa shape index (κ1) is 15.8. The molecule has 1 aromatic carbocycles. The van der Waals surface area contributed by atoms with Crippen molar-refractivity contribution in [3.8, 4) is 0 Å². The molecule has 114 valence electrons. The first-order valence-electron chi connectivity index (χ1n) is 7.02. The van der Waals surface area contributed by atoms with Crippen molar-refractivity contribution < 1.29 is 14.0 Å². The Morgan fingerprint density at radius 3 is 2.57 bits per heavy atom. The maximum atomic E-state index is 13.0. The van der Waals surface area contributed by atoms with Crippen LogP contribution in [0.3, 0.4) is 0 Å². The molecule has 1 N–H and O–H groups in total. The van der Waals surface area contributed by atoms with Gasteiger partial charge in [0.1, 0.15) is 5.82 Å². The van der Waals surface area contributed by atoms with Crippen LogP contribution >= 0.6 is 11.6 Å². The van der Waals surface area contributed by atoms with E-state index in [2.05, 4.69) is 5.32 Å². The van der Waals surface area contributed by atoms with Gasteiger partial charge >= 0.3 is 0 Å². The van der Waals surface area contributed by atoms with Gasteiger partial charge in [0.25, 0.3) is 0 Å². The van der Waals surface area contributed by atoms with E-state index in [9.17, 15) is 14.0 Å². The average Bonchev–Trinajstić information content (AvgIpc) is 3.24. The molecule has 2 rings (SSSR count). The monoisotopic (exact) mass is 312 g/mol. The van der Waals surface area contributed by atoms with Gasteiger partial charge in [0.15, 0.2) is 0 Å². The molecule has 0 bridgehead atoms. The van der Waals surface area contributed by atoms with Gasteiger partial charge in [0, 0.05) is 18.8 Å². The van der Waals surface area contributed by atoms with Crippen LogP contribution in [0.15, 0.2) is 18.2 Å². The summed E-state index contributed by atoms with van der Waals surface area (Å²) >= 11 is 5.66. The minimum Gasteiger partial charge on any atom is -0.343 e. The van der Waals surface area contributed by atoms with Gasteiger partial charge in [-0.3, -0.25) is 9.59 Å². The zero-order valence-corrected chi connectivity index (χ0v) is 12.8. The summed E-state index contributed by atoms with van der Waals surface area (Å²) in [7, 11) is 0. The van der Waals surface area contributed by atoms with Crippen LogP contribution in [0.4, 0.5) is 10.1 Å². The van der Waals surface area contributed by atoms with Crippen molar-refractivity contribution in [2.24, 2.45) is 11.8 Å². The van der Waals surface area contributed by atoms with Gasteiger partial charge in [-0.1, -0.05) is 11.6 Å². The van der Waals surface area contributed by atoms with E-state index in [4.69, 9.17) is 11.6 Å². The van der Waals surface area contributed by atoms with Crippen LogP contribution in [0.1, 0.15) is 20.3 Å². The van der Waals surface area contributed by atoms with Gasteiger partial charge in [-0.25, -0.2) is 4.39 Å². The number of carbonyl (C=O) groups is 2. The van der Waals surface area contributed by atoms with E-state index in [1.54, 1.807) is 4.90 Å². The van der Waals surface area contributed by atoms with Gasteiger partial charge in [-0.15, -0.1) is 0 Å². The van der Waals surface area contributed by atoms with Crippen molar-refractivity contribution >= 4 is 29.1 Å². The third-order valence-corrected chi connectivity index (χ3v) is 4.00. The number of hydrogen-bond donors (Lipinski definition) is 1. The summed E-state index contributed by atoms with van der Waals surface area (Å²) in [5.41, 5.74) is 0.437. The minimum atomic E-state index is -0.532. The van der Waals surface area contributed by atoms with E-state index < -0.39 is 5.82 Å². The number of nitrogens with zero attached hydrogens (tertiary/aromatic N) is 1. The van der Waals surface area contributed by atoms with Gasteiger partial charge in [0.05, 0.1) is 16.9 Å². The SMILES string of the molecule is CCN(CC)C(=O)C1CC1C(=O)Nc1ccc(F)c(Cl)c1. The molecule has 4 nitrogen and oxygen atoms in total. The number of benzene rings is 1. The number of anilines is 1. The van der Waals surface area contributed by atoms with Crippen molar-refractivity contribution in [2.45, 2.75) is 20.3 Å². The van der Waals surface area contributed by atoms with Crippen LogP contribution in [-0.2, 0) is 9.59 Å². The Morgan fingerprint density at radius 2 is 2.00 bits per heavy atom. The van der Waals surface area contributed by atoms with Gasteiger partial charge < -0.3 is 10.2 Å². The van der Waals surface area contributed by atoms with Crippen LogP contribution in [0, 0.1) is 17.7 Å². The number of carbonyl (C=O) groups excluding carboxylic acids is 2. The van der Waals surface area contributed by atoms with Crippen LogP contribution in [0.25, 0.3) is 0 Å². The Hall–Kier alpha value is -1.62. The number of nitrogens with one attached hydrogen (secondary N) is 1. The first-order valence-corrected chi connectivity index (χ1v) is 7.40. The molecule has 2 unspecified atom stereocenters. The van der Waals surface area contributed by atoms with E-state index in [0.717, 1.165) is 0 Å². The highest BCUT2D eigenvalue weighted by atomic mass is 35.5. The lowest BCUT2D eigenvalue weighted by Gasteiger charge is -2.18. The lowest BCUT2D eigenvalue weighted by atomic mass is 10.2. The van der Waals surface area contributed by atoms with Crippen LogP contribution < -0.4 is 5.32 Å². The Morgan fingerprint density at radius 1 is 1.33 bits per heavy atom. The number of hydrogen-bond acceptors (Lipinski definition) is 2. The molecule has 0 heterocycles. The highest BCUT2D eigenvalue weighted by Crippen LogP contribution is 2.40. The molecule has 21 heavy (non-hydrogen) atoms. The standard InChI is InChI=1S/C15H18ClFN2O2/c1-3-19(4-2)15(21)11-8-10(11)14(20)18-9-5-6-13(17)12(16)7-9/h5-7,10-11H,3-4,8H2,1-2H3,(H,18,20). The summed E-state index contributed by atoms with van der Waals surface area (Å²) in [6.45, 7) is 5.13. The molecule has 0 spiro atoms. The van der Waals surface area contributed by atoms with Crippen LogP contribution in [0.2, 0.25) is 5.02 Å². The van der Waals surface area contributed by atoms with E-state index in [-0.39, 0.29) is 28.7 Å². The highest BCUT2D eigenvalue weighted by Gasteiger charge is 2.49. The second-order valence-electron chi connectivity index (χ2n) is 5.08. The Kier molecular flexibility index (Phi) is 4.83. The predicted octanol–water partition coefficient (Wildman–Crippen LogP) is 2.92. The molecule has 1 aliphatic rings. The molecular weight excluding hydrogens is 295 g/mol. The van der Waals surface area contributed by atoms with Crippen molar-refractivity contribution in [3.05, 3.63) is 29.0 Å². The predicted molar refractivity (Wildman–Crippen MR) is 79.6 cm³/mol. The summed E-state index contributed by atoms with van der Waals surface area (Å²) in [4.78, 5) is 25.9. The van der Waals surface area contributed by atoms with Crippen molar-refractivity contribution in [1.82, 2.24) is 4.90 Å². The second-order valence-corrected chi connectivity index (χ2v) is 5.48. The quantitative estimate of drug-likeness (QED) is 0.909. The van der Waals surface area contributed by atoms with Gasteiger partial charge in [-0.2, -0.15) is 0 Å². The third kappa shape index (κ3) is 3.53. The Balaban J connectivity index is 1.94.